The molecule has 0 fully saturated rings. The normalized spacial score (nSPS) is 11.4. The highest BCUT2D eigenvalue weighted by atomic mass is 15.2. The number of aryl methyl sites for hydroxylation is 1. The van der Waals surface area contributed by atoms with Crippen LogP contribution in [-0.4, -0.2) is 35.6 Å². The number of hydrogen-bond donors (Lipinski definition) is 2. The zero-order chi connectivity index (χ0) is 13.8. The van der Waals surface area contributed by atoms with Gasteiger partial charge >= 0.3 is 0 Å². The van der Waals surface area contributed by atoms with E-state index in [4.69, 9.17) is 5.73 Å². The lowest BCUT2D eigenvalue weighted by Crippen LogP contribution is -2.38. The predicted octanol–water partition coefficient (Wildman–Crippen LogP) is 1.78. The average molecular weight is 251 g/mol. The van der Waals surface area contributed by atoms with Crippen molar-refractivity contribution in [2.45, 2.75) is 39.7 Å². The van der Waals surface area contributed by atoms with Crippen LogP contribution in [0.2, 0.25) is 0 Å². The molecule has 18 heavy (non-hydrogen) atoms. The summed E-state index contributed by atoms with van der Waals surface area (Å²) in [5.41, 5.74) is 5.51. The van der Waals surface area contributed by atoms with Crippen molar-refractivity contribution < 1.29 is 0 Å². The van der Waals surface area contributed by atoms with Gasteiger partial charge in [0.05, 0.1) is 0 Å². The average Bonchev–Trinajstić information content (AvgIpc) is 2.26. The molecule has 0 atom stereocenters. The molecule has 1 heterocycles. The molecule has 0 saturated carbocycles. The molecule has 0 bridgehead atoms. The quantitative estimate of drug-likeness (QED) is 0.781. The monoisotopic (exact) mass is 251 g/mol. The number of nitrogens with two attached hydrogens (primary N) is 1. The maximum atomic E-state index is 5.48. The third kappa shape index (κ3) is 4.14. The minimum Gasteiger partial charge on any atom is -0.370 e. The Balaban J connectivity index is 2.87. The Morgan fingerprint density at radius 1 is 1.33 bits per heavy atom. The largest absolute Gasteiger partial charge is 0.370 e. The Bertz CT molecular complexity index is 383. The van der Waals surface area contributed by atoms with Crippen LogP contribution >= 0.6 is 0 Å². The van der Waals surface area contributed by atoms with Crippen LogP contribution in [0.4, 0.5) is 11.6 Å². The SMILES string of the molecule is Cc1nc(NCCCN)cc(N(C)C(C)(C)C)n1. The van der Waals surface area contributed by atoms with Crippen molar-refractivity contribution in [3.05, 3.63) is 11.9 Å². The number of anilines is 2. The van der Waals surface area contributed by atoms with Crippen LogP contribution in [0.25, 0.3) is 0 Å². The smallest absolute Gasteiger partial charge is 0.134 e. The molecule has 0 aliphatic rings. The topological polar surface area (TPSA) is 67.1 Å². The molecule has 1 rings (SSSR count). The fraction of sp³-hybridized carbons (Fsp3) is 0.692. The molecule has 5 heteroatoms. The molecule has 0 aromatic carbocycles. The molecule has 0 unspecified atom stereocenters. The van der Waals surface area contributed by atoms with Gasteiger partial charge in [-0.2, -0.15) is 0 Å². The fourth-order valence-electron chi connectivity index (χ4n) is 1.48. The van der Waals surface area contributed by atoms with E-state index in [1.807, 2.05) is 20.0 Å². The fourth-order valence-corrected chi connectivity index (χ4v) is 1.48. The van der Waals surface area contributed by atoms with Gasteiger partial charge in [0.25, 0.3) is 0 Å². The Labute approximate surface area is 110 Å². The van der Waals surface area contributed by atoms with Crippen LogP contribution in [0.3, 0.4) is 0 Å². The summed E-state index contributed by atoms with van der Waals surface area (Å²) in [4.78, 5) is 11.0. The summed E-state index contributed by atoms with van der Waals surface area (Å²) < 4.78 is 0. The minimum atomic E-state index is 0.0370. The Hall–Kier alpha value is -1.36. The van der Waals surface area contributed by atoms with Crippen LogP contribution in [-0.2, 0) is 0 Å². The summed E-state index contributed by atoms with van der Waals surface area (Å²) >= 11 is 0. The highest BCUT2D eigenvalue weighted by Crippen LogP contribution is 2.21. The van der Waals surface area contributed by atoms with E-state index in [-0.39, 0.29) is 5.54 Å². The second kappa shape index (κ2) is 6.00. The van der Waals surface area contributed by atoms with Gasteiger partial charge in [-0.1, -0.05) is 0 Å². The van der Waals surface area contributed by atoms with Gasteiger partial charge in [0.15, 0.2) is 0 Å². The van der Waals surface area contributed by atoms with Crippen molar-refractivity contribution in [1.29, 1.82) is 0 Å². The van der Waals surface area contributed by atoms with Gasteiger partial charge in [0.2, 0.25) is 0 Å². The molecule has 3 N–H and O–H groups in total. The predicted molar refractivity (Wildman–Crippen MR) is 77.1 cm³/mol. The van der Waals surface area contributed by atoms with Crippen molar-refractivity contribution in [2.75, 3.05) is 30.4 Å². The Morgan fingerprint density at radius 2 is 2.00 bits per heavy atom. The summed E-state index contributed by atoms with van der Waals surface area (Å²) in [6.45, 7) is 9.91. The maximum absolute atomic E-state index is 5.48. The molecule has 102 valence electrons. The second-order valence-corrected chi connectivity index (χ2v) is 5.46. The number of hydrogen-bond acceptors (Lipinski definition) is 5. The lowest BCUT2D eigenvalue weighted by atomic mass is 10.1. The third-order valence-corrected chi connectivity index (χ3v) is 2.86. The lowest BCUT2D eigenvalue weighted by molar-refractivity contribution is 0.533. The van der Waals surface area contributed by atoms with Crippen molar-refractivity contribution in [2.24, 2.45) is 5.73 Å². The van der Waals surface area contributed by atoms with E-state index in [9.17, 15) is 0 Å². The highest BCUT2D eigenvalue weighted by molar-refractivity contribution is 5.50. The van der Waals surface area contributed by atoms with Crippen LogP contribution in [0.15, 0.2) is 6.07 Å². The third-order valence-electron chi connectivity index (χ3n) is 2.86. The standard InChI is InChI=1S/C13H25N5/c1-10-16-11(15-8-6-7-14)9-12(17-10)18(5)13(2,3)4/h9H,6-8,14H2,1-5H3,(H,15,16,17). The van der Waals surface area contributed by atoms with Crippen molar-refractivity contribution in [3.63, 3.8) is 0 Å². The van der Waals surface area contributed by atoms with E-state index in [0.717, 1.165) is 30.4 Å². The zero-order valence-electron chi connectivity index (χ0n) is 12.1. The summed E-state index contributed by atoms with van der Waals surface area (Å²) in [7, 11) is 2.05. The Morgan fingerprint density at radius 3 is 2.56 bits per heavy atom. The number of nitrogens with zero attached hydrogens (tertiary/aromatic N) is 3. The molecular weight excluding hydrogens is 226 g/mol. The molecule has 1 aromatic heterocycles. The first-order valence-corrected chi connectivity index (χ1v) is 6.38. The molecule has 0 aliphatic heterocycles. The maximum Gasteiger partial charge on any atom is 0.134 e. The van der Waals surface area contributed by atoms with Crippen LogP contribution < -0.4 is 16.0 Å². The molecule has 0 aliphatic carbocycles. The Kier molecular flexibility index (Phi) is 4.90. The zero-order valence-corrected chi connectivity index (χ0v) is 12.1. The summed E-state index contributed by atoms with van der Waals surface area (Å²) in [6.07, 6.45) is 0.938. The molecule has 0 saturated heterocycles. The van der Waals surface area contributed by atoms with Gasteiger partial charge in [0, 0.05) is 25.2 Å². The molecule has 1 aromatic rings. The van der Waals surface area contributed by atoms with E-state index in [1.165, 1.54) is 0 Å². The lowest BCUT2D eigenvalue weighted by Gasteiger charge is -2.33. The molecule has 5 nitrogen and oxygen atoms in total. The van der Waals surface area contributed by atoms with Crippen molar-refractivity contribution in [3.8, 4) is 0 Å². The molecular formula is C13H25N5. The summed E-state index contributed by atoms with van der Waals surface area (Å²) in [6, 6.07) is 1.98. The van der Waals surface area contributed by atoms with Gasteiger partial charge < -0.3 is 16.0 Å². The first-order chi connectivity index (χ1) is 8.34. The first-order valence-electron chi connectivity index (χ1n) is 6.38. The van der Waals surface area contributed by atoms with E-state index in [1.54, 1.807) is 0 Å². The van der Waals surface area contributed by atoms with E-state index >= 15 is 0 Å². The van der Waals surface area contributed by atoms with Crippen molar-refractivity contribution >= 4 is 11.6 Å². The summed E-state index contributed by atoms with van der Waals surface area (Å²) in [5.74, 6) is 2.58. The molecule has 0 amide bonds. The van der Waals surface area contributed by atoms with Crippen LogP contribution in [0, 0.1) is 6.92 Å². The van der Waals surface area contributed by atoms with Gasteiger partial charge in [0.1, 0.15) is 17.5 Å². The minimum absolute atomic E-state index is 0.0370. The number of rotatable bonds is 5. The number of aromatic nitrogens is 2. The molecule has 0 radical (unpaired) electrons. The van der Waals surface area contributed by atoms with E-state index in [2.05, 4.69) is 41.0 Å². The van der Waals surface area contributed by atoms with Gasteiger partial charge in [-0.05, 0) is 40.7 Å². The van der Waals surface area contributed by atoms with Gasteiger partial charge in [-0.15, -0.1) is 0 Å². The number of nitrogens with one attached hydrogen (secondary N) is 1. The highest BCUT2D eigenvalue weighted by Gasteiger charge is 2.19. The van der Waals surface area contributed by atoms with Crippen LogP contribution in [0.5, 0.6) is 0 Å². The second-order valence-electron chi connectivity index (χ2n) is 5.46. The first kappa shape index (κ1) is 14.7. The van der Waals surface area contributed by atoms with Gasteiger partial charge in [-0.25, -0.2) is 9.97 Å². The van der Waals surface area contributed by atoms with Crippen LogP contribution in [0.1, 0.15) is 33.0 Å². The van der Waals surface area contributed by atoms with E-state index < -0.39 is 0 Å². The summed E-state index contributed by atoms with van der Waals surface area (Å²) in [5, 5.41) is 3.28. The molecule has 0 spiro atoms. The van der Waals surface area contributed by atoms with Crippen molar-refractivity contribution in [1.82, 2.24) is 9.97 Å². The van der Waals surface area contributed by atoms with E-state index in [0.29, 0.717) is 6.54 Å². The van der Waals surface area contributed by atoms with Gasteiger partial charge in [-0.3, -0.25) is 0 Å².